The highest BCUT2D eigenvalue weighted by Crippen LogP contribution is 2.35. The summed E-state index contributed by atoms with van der Waals surface area (Å²) in [6.45, 7) is 13.7. The first kappa shape index (κ1) is 72.1. The van der Waals surface area contributed by atoms with E-state index in [1.54, 1.807) is 59.5 Å². The molecule has 7 aromatic rings. The second-order valence-corrected chi connectivity index (χ2v) is 26.5. The number of nitrogens with zero attached hydrogens (tertiary/aromatic N) is 6. The van der Waals surface area contributed by atoms with E-state index in [1.807, 2.05) is 87.5 Å². The molecule has 2 aliphatic carbocycles. The van der Waals surface area contributed by atoms with Gasteiger partial charge < -0.3 is 57.0 Å². The number of nitrogens with one attached hydrogen (secondary N) is 7. The number of ether oxygens (including phenoxy) is 1. The van der Waals surface area contributed by atoms with Crippen molar-refractivity contribution in [1.82, 2.24) is 56.5 Å². The number of rotatable bonds is 25. The average molecular weight is 1400 g/mol. The Balaban J connectivity index is 0.000000250. The zero-order chi connectivity index (χ0) is 68.2. The van der Waals surface area contributed by atoms with Crippen LogP contribution in [0.5, 0.6) is 0 Å². The first-order chi connectivity index (χ1) is 45.5. The second-order valence-electron chi connectivity index (χ2n) is 24.8. The fourth-order valence-electron chi connectivity index (χ4n) is 11.8. The number of halogens is 3. The molecule has 2 fully saturated rings. The fraction of sp³-hybridized carbons (Fsp3) is 0.406. The van der Waals surface area contributed by atoms with Gasteiger partial charge in [-0.15, -0.1) is 20.4 Å². The van der Waals surface area contributed by atoms with Crippen molar-refractivity contribution in [3.8, 4) is 33.9 Å². The predicted octanol–water partition coefficient (Wildman–Crippen LogP) is 11.3. The molecule has 0 unspecified atom stereocenters. The Labute approximate surface area is 571 Å². The smallest absolute Gasteiger partial charge is 0.407 e. The van der Waals surface area contributed by atoms with E-state index in [9.17, 15) is 33.6 Å². The highest BCUT2D eigenvalue weighted by molar-refractivity contribution is 9.10. The van der Waals surface area contributed by atoms with E-state index < -0.39 is 35.8 Å². The molecular formula is C69H83BrCl2N14O9. The molecule has 95 heavy (non-hydrogen) atoms. The van der Waals surface area contributed by atoms with E-state index in [4.69, 9.17) is 38.8 Å². The number of carbonyl (C=O) groups excluding carboxylic acids is 6. The molecular weight excluding hydrogens is 1320 g/mol. The maximum absolute atomic E-state index is 14.2. The molecule has 0 radical (unpaired) electrons. The van der Waals surface area contributed by atoms with E-state index in [1.165, 1.54) is 0 Å². The Hall–Kier alpha value is -8.71. The zero-order valence-electron chi connectivity index (χ0n) is 53.9. The number of nitrogens with two attached hydrogens (primary N) is 1. The van der Waals surface area contributed by atoms with Crippen molar-refractivity contribution < 1.29 is 43.4 Å². The molecule has 504 valence electrons. The number of benzene rings is 5. The summed E-state index contributed by atoms with van der Waals surface area (Å²) in [5.41, 5.74) is 11.9. The van der Waals surface area contributed by atoms with Gasteiger partial charge in [0.25, 0.3) is 5.91 Å². The molecule has 2 saturated carbocycles. The zero-order valence-corrected chi connectivity index (χ0v) is 57.0. The van der Waals surface area contributed by atoms with Crippen molar-refractivity contribution in [2.75, 3.05) is 49.5 Å². The number of amides is 7. The molecule has 0 aliphatic heterocycles. The standard InChI is InChI=1S/C39H47ClN8O5.C30H36BrClN6O4/c1-3-48(4-2)20-19-41-35(49)31-10-6-9-30(23-31)29-8-5-7-26(21-29)22-33(44-36(50)28-13-11-25(12-14-28)24-42-39(52)53)37(51)43-32-17-15-27(16-18-32)34-45-38(40)47-46-34;1-30(2,3)42-29(41)34-17-18-7-9-21(10-8-18)27(40)38(24(25(33)39)16-19-5-4-6-22(31)15-19)23-13-11-20(12-14-23)26-35-28(32)37-36-26/h5-10,15-18,21,23,25,28,33,42H,3-4,11-14,19-20,22,24H2,1-2H3,(H,41,49)(H,43,51)(H,44,50)(H,52,53)(H,45,46,47);4-6,11-15,18,21,24H,7-10,16-17H2,1-3H3,(H2,33,39)(H,34,41)(H,35,36,37)/t25-,28-,33-;18-,21-,24-/m00/s1. The largest absolute Gasteiger partial charge is 0.465 e. The summed E-state index contributed by atoms with van der Waals surface area (Å²) in [5.74, 6) is -0.652. The highest BCUT2D eigenvalue weighted by Gasteiger charge is 2.37. The predicted molar refractivity (Wildman–Crippen MR) is 369 cm³/mol. The van der Waals surface area contributed by atoms with Crippen LogP contribution >= 0.6 is 39.1 Å². The van der Waals surface area contributed by atoms with Crippen LogP contribution in [0, 0.1) is 23.7 Å². The number of carbonyl (C=O) groups is 7. The Morgan fingerprint density at radius 2 is 1.21 bits per heavy atom. The monoisotopic (exact) mass is 1400 g/mol. The molecule has 0 bridgehead atoms. The van der Waals surface area contributed by atoms with Crippen LogP contribution in [0.2, 0.25) is 10.6 Å². The maximum Gasteiger partial charge on any atom is 0.407 e. The SMILES string of the molecule is CC(C)(C)OC(=O)NC[C@H]1CC[C@H](C(=O)N(c2ccc(-c3nnc(Cl)[nH]3)cc2)[C@@H](Cc2cccc(Br)c2)C(N)=O)CC1.CCN(CC)CCNC(=O)c1cccc(-c2cccc(C[C@H](NC(=O)[C@H]3CC[C@H](CNC(=O)O)CC3)C(=O)Nc3ccc(-c4nnc(Cl)[nH]4)cc3)c2)c1. The van der Waals surface area contributed by atoms with Gasteiger partial charge in [-0.05, 0) is 215 Å². The van der Waals surface area contributed by atoms with Crippen LogP contribution in [-0.2, 0) is 36.8 Å². The Kier molecular flexibility index (Phi) is 26.3. The first-order valence-corrected chi connectivity index (χ1v) is 33.5. The third-order valence-corrected chi connectivity index (χ3v) is 17.7. The molecule has 0 spiro atoms. The Morgan fingerprint density at radius 1 is 0.663 bits per heavy atom. The number of aromatic nitrogens is 6. The van der Waals surface area contributed by atoms with E-state index >= 15 is 0 Å². The van der Waals surface area contributed by atoms with Crippen LogP contribution in [0.15, 0.2) is 126 Å². The number of likely N-dealkylation sites (N-methyl/N-ethyl adjacent to an activating group) is 1. The third-order valence-electron chi connectivity index (χ3n) is 16.9. The summed E-state index contributed by atoms with van der Waals surface area (Å²) in [5, 5.41) is 39.1. The molecule has 2 aliphatic rings. The van der Waals surface area contributed by atoms with Crippen LogP contribution in [0.3, 0.4) is 0 Å². The Morgan fingerprint density at radius 3 is 1.76 bits per heavy atom. The lowest BCUT2D eigenvalue weighted by molar-refractivity contribution is -0.130. The quantitative estimate of drug-likeness (QED) is 0.0257. The van der Waals surface area contributed by atoms with Crippen LogP contribution in [0.4, 0.5) is 21.0 Å². The van der Waals surface area contributed by atoms with Crippen molar-refractivity contribution in [1.29, 1.82) is 0 Å². The highest BCUT2D eigenvalue weighted by atomic mass is 79.9. The van der Waals surface area contributed by atoms with Crippen LogP contribution in [0.1, 0.15) is 107 Å². The number of carboxylic acid groups (broad SMARTS) is 1. The second kappa shape index (κ2) is 34.6. The molecule has 26 heteroatoms. The van der Waals surface area contributed by atoms with E-state index in [0.717, 1.165) is 70.3 Å². The first-order valence-electron chi connectivity index (χ1n) is 32.0. The molecule has 2 heterocycles. The van der Waals surface area contributed by atoms with Crippen LogP contribution in [-0.4, -0.2) is 139 Å². The molecule has 2 atom stereocenters. The van der Waals surface area contributed by atoms with Gasteiger partial charge in [0, 0.05) is 83.4 Å². The summed E-state index contributed by atoms with van der Waals surface area (Å²) in [6.07, 6.45) is 4.41. The Bertz CT molecular complexity index is 3730. The van der Waals surface area contributed by atoms with Gasteiger partial charge >= 0.3 is 12.2 Å². The number of H-pyrrole nitrogens is 2. The summed E-state index contributed by atoms with van der Waals surface area (Å²) in [7, 11) is 0. The minimum Gasteiger partial charge on any atom is -0.465 e. The minimum absolute atomic E-state index is 0.139. The topological polar surface area (TPSA) is 325 Å². The number of alkyl carbamates (subject to hydrolysis) is 1. The van der Waals surface area contributed by atoms with Gasteiger partial charge in [-0.2, -0.15) is 0 Å². The van der Waals surface area contributed by atoms with Gasteiger partial charge in [0.2, 0.25) is 34.2 Å². The van der Waals surface area contributed by atoms with Gasteiger partial charge in [-0.3, -0.25) is 28.9 Å². The number of hydrogen-bond donors (Lipinski definition) is 9. The van der Waals surface area contributed by atoms with Gasteiger partial charge in [0.05, 0.1) is 0 Å². The summed E-state index contributed by atoms with van der Waals surface area (Å²) < 4.78 is 6.21. The summed E-state index contributed by atoms with van der Waals surface area (Å²) >= 11 is 15.3. The van der Waals surface area contributed by atoms with Crippen LogP contribution < -0.4 is 37.2 Å². The van der Waals surface area contributed by atoms with Crippen molar-refractivity contribution in [2.24, 2.45) is 29.4 Å². The average Bonchev–Trinajstić information content (AvgIpc) is 1.23. The van der Waals surface area contributed by atoms with Gasteiger partial charge in [-0.1, -0.05) is 78.3 Å². The maximum atomic E-state index is 14.2. The molecule has 10 N–H and O–H groups in total. The van der Waals surface area contributed by atoms with E-state index in [0.29, 0.717) is 86.7 Å². The van der Waals surface area contributed by atoms with E-state index in [2.05, 4.69) is 91.6 Å². The number of aromatic amines is 2. The lowest BCUT2D eigenvalue weighted by Crippen LogP contribution is -2.52. The van der Waals surface area contributed by atoms with Crippen molar-refractivity contribution >= 4 is 92.2 Å². The number of hydrogen-bond acceptors (Lipinski definition) is 13. The van der Waals surface area contributed by atoms with Crippen molar-refractivity contribution in [3.63, 3.8) is 0 Å². The normalized spacial score (nSPS) is 16.8. The van der Waals surface area contributed by atoms with Crippen molar-refractivity contribution in [3.05, 3.63) is 153 Å². The molecule has 2 aromatic heterocycles. The van der Waals surface area contributed by atoms with Crippen LogP contribution in [0.25, 0.3) is 33.9 Å². The third kappa shape index (κ3) is 21.9. The van der Waals surface area contributed by atoms with Gasteiger partial charge in [0.15, 0.2) is 11.6 Å². The minimum atomic E-state index is -1.06. The molecule has 7 amide bonds. The number of anilines is 2. The fourth-order valence-corrected chi connectivity index (χ4v) is 12.5. The number of primary amides is 1. The molecule has 5 aromatic carbocycles. The lowest BCUT2D eigenvalue weighted by Gasteiger charge is -2.36. The lowest BCUT2D eigenvalue weighted by atomic mass is 9.81. The summed E-state index contributed by atoms with van der Waals surface area (Å²) in [6, 6.07) is 35.2. The van der Waals surface area contributed by atoms with E-state index in [-0.39, 0.29) is 70.7 Å². The molecule has 23 nitrogen and oxygen atoms in total. The van der Waals surface area contributed by atoms with Crippen molar-refractivity contribution in [2.45, 2.75) is 117 Å². The van der Waals surface area contributed by atoms with Gasteiger partial charge in [-0.25, -0.2) is 9.59 Å². The molecule has 0 saturated heterocycles. The summed E-state index contributed by atoms with van der Waals surface area (Å²) in [4.78, 5) is 100. The van der Waals surface area contributed by atoms with Gasteiger partial charge in [0.1, 0.15) is 17.7 Å². The molecule has 9 rings (SSSR count).